The molecule has 106 valence electrons. The Labute approximate surface area is 120 Å². The molecule has 0 aliphatic rings. The molecule has 20 heavy (non-hydrogen) atoms. The molecule has 0 radical (unpaired) electrons. The van der Waals surface area contributed by atoms with Gasteiger partial charge in [0.2, 0.25) is 5.28 Å². The first-order valence-electron chi connectivity index (χ1n) is 5.98. The van der Waals surface area contributed by atoms with Gasteiger partial charge in [-0.25, -0.2) is 14.8 Å². The summed E-state index contributed by atoms with van der Waals surface area (Å²) in [6, 6.07) is 1.72. The highest BCUT2D eigenvalue weighted by molar-refractivity contribution is 6.28. The predicted octanol–water partition coefficient (Wildman–Crippen LogP) is 2.09. The Kier molecular flexibility index (Phi) is 4.19. The van der Waals surface area contributed by atoms with Crippen LogP contribution in [0, 0.1) is 6.92 Å². The summed E-state index contributed by atoms with van der Waals surface area (Å²) >= 11 is 5.81. The van der Waals surface area contributed by atoms with Crippen molar-refractivity contribution < 1.29 is 9.53 Å². The predicted molar refractivity (Wildman–Crippen MR) is 74.2 cm³/mol. The molecular weight excluding hydrogens is 282 g/mol. The number of esters is 1. The van der Waals surface area contributed by atoms with Crippen LogP contribution in [0.2, 0.25) is 5.28 Å². The Morgan fingerprint density at radius 3 is 2.90 bits per heavy atom. The molecule has 0 saturated heterocycles. The van der Waals surface area contributed by atoms with E-state index in [1.54, 1.807) is 27.0 Å². The number of aryl methyl sites for hydroxylation is 2. The van der Waals surface area contributed by atoms with E-state index in [4.69, 9.17) is 16.3 Å². The molecule has 0 spiro atoms. The van der Waals surface area contributed by atoms with Crippen molar-refractivity contribution in [3.63, 3.8) is 0 Å². The lowest BCUT2D eigenvalue weighted by Gasteiger charge is -2.09. The monoisotopic (exact) mass is 295 g/mol. The first kappa shape index (κ1) is 14.3. The van der Waals surface area contributed by atoms with E-state index in [-0.39, 0.29) is 5.28 Å². The number of ether oxygens (including phenoxy) is 1. The highest BCUT2D eigenvalue weighted by Gasteiger charge is 2.18. The smallest absolute Gasteiger partial charge is 0.343 e. The Morgan fingerprint density at radius 1 is 1.50 bits per heavy atom. The van der Waals surface area contributed by atoms with Gasteiger partial charge in [-0.1, -0.05) is 0 Å². The van der Waals surface area contributed by atoms with Gasteiger partial charge in [-0.15, -0.1) is 0 Å². The number of nitrogens with one attached hydrogen (secondary N) is 1. The Hall–Kier alpha value is -2.15. The van der Waals surface area contributed by atoms with Crippen molar-refractivity contribution in [3.8, 4) is 0 Å². The SMILES string of the molecule is CCOC(=O)c1cnn(C)c1Nc1cc(C)nc(Cl)n1. The van der Waals surface area contributed by atoms with E-state index >= 15 is 0 Å². The highest BCUT2D eigenvalue weighted by atomic mass is 35.5. The van der Waals surface area contributed by atoms with E-state index in [0.29, 0.717) is 29.5 Å². The topological polar surface area (TPSA) is 81.9 Å². The maximum Gasteiger partial charge on any atom is 0.343 e. The van der Waals surface area contributed by atoms with Crippen LogP contribution < -0.4 is 5.32 Å². The number of rotatable bonds is 4. The molecule has 1 N–H and O–H groups in total. The quantitative estimate of drug-likeness (QED) is 0.687. The standard InChI is InChI=1S/C12H14ClN5O2/c1-4-20-11(19)8-6-14-18(3)10(8)16-9-5-7(2)15-12(13)17-9/h5-6H,4H2,1-3H3,(H,15,16,17). The van der Waals surface area contributed by atoms with Gasteiger partial charge in [-0.2, -0.15) is 5.10 Å². The molecule has 2 heterocycles. The number of anilines is 2. The van der Waals surface area contributed by atoms with Crippen LogP contribution in [0.1, 0.15) is 23.0 Å². The van der Waals surface area contributed by atoms with Gasteiger partial charge in [0, 0.05) is 18.8 Å². The summed E-state index contributed by atoms with van der Waals surface area (Å²) in [5.41, 5.74) is 1.05. The third kappa shape index (κ3) is 3.05. The molecule has 2 aromatic rings. The third-order valence-electron chi connectivity index (χ3n) is 2.51. The number of carbonyl (C=O) groups is 1. The van der Waals surface area contributed by atoms with Crippen LogP contribution in [0.5, 0.6) is 0 Å². The van der Waals surface area contributed by atoms with Crippen LogP contribution >= 0.6 is 11.6 Å². The molecule has 0 aliphatic carbocycles. The van der Waals surface area contributed by atoms with Crippen LogP contribution in [0.25, 0.3) is 0 Å². The van der Waals surface area contributed by atoms with E-state index in [9.17, 15) is 4.79 Å². The lowest BCUT2D eigenvalue weighted by Crippen LogP contribution is -2.09. The maximum absolute atomic E-state index is 11.8. The fourth-order valence-electron chi connectivity index (χ4n) is 1.66. The van der Waals surface area contributed by atoms with Gasteiger partial charge in [0.15, 0.2) is 0 Å². The highest BCUT2D eigenvalue weighted by Crippen LogP contribution is 2.21. The first-order chi connectivity index (χ1) is 9.51. The maximum atomic E-state index is 11.8. The summed E-state index contributed by atoms with van der Waals surface area (Å²) < 4.78 is 6.50. The minimum Gasteiger partial charge on any atom is -0.462 e. The van der Waals surface area contributed by atoms with Crippen molar-refractivity contribution in [1.82, 2.24) is 19.7 Å². The van der Waals surface area contributed by atoms with E-state index in [1.165, 1.54) is 10.9 Å². The number of hydrogen-bond donors (Lipinski definition) is 1. The molecule has 8 heteroatoms. The molecule has 0 unspecified atom stereocenters. The molecule has 0 amide bonds. The Morgan fingerprint density at radius 2 is 2.25 bits per heavy atom. The van der Waals surface area contributed by atoms with Crippen LogP contribution in [0.3, 0.4) is 0 Å². The second-order valence-corrected chi connectivity index (χ2v) is 4.38. The molecular formula is C12H14ClN5O2. The van der Waals surface area contributed by atoms with Crippen molar-refractivity contribution in [2.75, 3.05) is 11.9 Å². The van der Waals surface area contributed by atoms with Gasteiger partial charge in [0.05, 0.1) is 12.8 Å². The lowest BCUT2D eigenvalue weighted by molar-refractivity contribution is 0.0527. The van der Waals surface area contributed by atoms with Gasteiger partial charge in [0.1, 0.15) is 17.2 Å². The number of nitrogens with zero attached hydrogens (tertiary/aromatic N) is 4. The normalized spacial score (nSPS) is 10.4. The molecule has 2 aromatic heterocycles. The minimum atomic E-state index is -0.444. The Balaban J connectivity index is 2.33. The molecule has 0 fully saturated rings. The van der Waals surface area contributed by atoms with Crippen LogP contribution in [-0.2, 0) is 11.8 Å². The van der Waals surface area contributed by atoms with Gasteiger partial charge >= 0.3 is 5.97 Å². The van der Waals surface area contributed by atoms with Gasteiger partial charge in [-0.05, 0) is 25.4 Å². The van der Waals surface area contributed by atoms with Crippen molar-refractivity contribution >= 4 is 29.2 Å². The molecule has 0 atom stereocenters. The van der Waals surface area contributed by atoms with Crippen molar-refractivity contribution in [2.45, 2.75) is 13.8 Å². The summed E-state index contributed by atoms with van der Waals surface area (Å²) in [5, 5.41) is 7.18. The molecule has 0 saturated carbocycles. The summed E-state index contributed by atoms with van der Waals surface area (Å²) in [6.07, 6.45) is 1.44. The molecule has 0 aliphatic heterocycles. The Bertz CT molecular complexity index is 621. The zero-order valence-corrected chi connectivity index (χ0v) is 12.1. The van der Waals surface area contributed by atoms with E-state index in [1.807, 2.05) is 0 Å². The van der Waals surface area contributed by atoms with Crippen LogP contribution in [-0.4, -0.2) is 32.3 Å². The molecule has 7 nitrogen and oxygen atoms in total. The molecule has 0 aromatic carbocycles. The molecule has 0 bridgehead atoms. The van der Waals surface area contributed by atoms with Gasteiger partial charge in [0.25, 0.3) is 0 Å². The summed E-state index contributed by atoms with van der Waals surface area (Å²) in [6.45, 7) is 3.84. The average molecular weight is 296 g/mol. The fourth-order valence-corrected chi connectivity index (χ4v) is 1.89. The lowest BCUT2D eigenvalue weighted by atomic mass is 10.3. The second-order valence-electron chi connectivity index (χ2n) is 4.04. The van der Waals surface area contributed by atoms with E-state index < -0.39 is 5.97 Å². The second kappa shape index (κ2) is 5.87. The largest absolute Gasteiger partial charge is 0.462 e. The van der Waals surface area contributed by atoms with Gasteiger partial charge < -0.3 is 10.1 Å². The number of halogens is 1. The van der Waals surface area contributed by atoms with Crippen LogP contribution in [0.15, 0.2) is 12.3 Å². The third-order valence-corrected chi connectivity index (χ3v) is 2.68. The number of hydrogen-bond acceptors (Lipinski definition) is 6. The zero-order chi connectivity index (χ0) is 14.7. The van der Waals surface area contributed by atoms with Gasteiger partial charge in [-0.3, -0.25) is 4.68 Å². The van der Waals surface area contributed by atoms with E-state index in [2.05, 4.69) is 20.4 Å². The number of carbonyl (C=O) groups excluding carboxylic acids is 1. The molecule has 2 rings (SSSR count). The zero-order valence-electron chi connectivity index (χ0n) is 11.3. The average Bonchev–Trinajstić information content (AvgIpc) is 2.70. The number of aromatic nitrogens is 4. The summed E-state index contributed by atoms with van der Waals surface area (Å²) in [4.78, 5) is 19.8. The minimum absolute atomic E-state index is 0.132. The van der Waals surface area contributed by atoms with Crippen molar-refractivity contribution in [1.29, 1.82) is 0 Å². The summed E-state index contributed by atoms with van der Waals surface area (Å²) in [7, 11) is 1.71. The van der Waals surface area contributed by atoms with Crippen LogP contribution in [0.4, 0.5) is 11.6 Å². The fraction of sp³-hybridized carbons (Fsp3) is 0.333. The van der Waals surface area contributed by atoms with Crippen molar-refractivity contribution in [2.24, 2.45) is 7.05 Å². The van der Waals surface area contributed by atoms with E-state index in [0.717, 1.165) is 0 Å². The van der Waals surface area contributed by atoms with Crippen molar-refractivity contribution in [3.05, 3.63) is 28.8 Å². The first-order valence-corrected chi connectivity index (χ1v) is 6.36. The summed E-state index contributed by atoms with van der Waals surface area (Å²) in [5.74, 6) is 0.522.